The Bertz CT molecular complexity index is 615. The Labute approximate surface area is 112 Å². The molecule has 4 nitrogen and oxygen atoms in total. The van der Waals surface area contributed by atoms with Gasteiger partial charge in [-0.2, -0.15) is 5.10 Å². The molecule has 0 spiro atoms. The van der Waals surface area contributed by atoms with Crippen molar-refractivity contribution in [3.8, 4) is 5.69 Å². The number of carboxylic acids is 1. The summed E-state index contributed by atoms with van der Waals surface area (Å²) in [6.45, 7) is 6.12. The quantitative estimate of drug-likeness (QED) is 0.917. The van der Waals surface area contributed by atoms with E-state index < -0.39 is 5.97 Å². The molecule has 0 radical (unpaired) electrons. The Morgan fingerprint density at radius 2 is 2.05 bits per heavy atom. The maximum atomic E-state index is 10.6. The number of aromatic nitrogens is 2. The largest absolute Gasteiger partial charge is 0.481 e. The van der Waals surface area contributed by atoms with Gasteiger partial charge in [0.15, 0.2) is 0 Å². The third-order valence-corrected chi connectivity index (χ3v) is 3.52. The van der Waals surface area contributed by atoms with Crippen molar-refractivity contribution in [2.24, 2.45) is 0 Å². The maximum absolute atomic E-state index is 10.6. The van der Waals surface area contributed by atoms with Gasteiger partial charge in [-0.05, 0) is 49.9 Å². The van der Waals surface area contributed by atoms with Crippen LogP contribution in [0.25, 0.3) is 5.69 Å². The minimum Gasteiger partial charge on any atom is -0.481 e. The topological polar surface area (TPSA) is 55.1 Å². The van der Waals surface area contributed by atoms with Crippen molar-refractivity contribution in [3.63, 3.8) is 0 Å². The third kappa shape index (κ3) is 2.67. The summed E-state index contributed by atoms with van der Waals surface area (Å²) in [5, 5.41) is 13.1. The standard InChI is InChI=1S/C15H18N2O2/c1-10-5-4-6-14(11(10)2)17-12(3)13(9-16-17)7-8-15(18)19/h4-6,9H,7-8H2,1-3H3,(H,18,19). The molecule has 0 fully saturated rings. The summed E-state index contributed by atoms with van der Waals surface area (Å²) in [5.41, 5.74) is 5.47. The van der Waals surface area contributed by atoms with Crippen LogP contribution >= 0.6 is 0 Å². The fourth-order valence-electron chi connectivity index (χ4n) is 2.14. The molecule has 1 N–H and O–H groups in total. The molecule has 0 saturated carbocycles. The molecular weight excluding hydrogens is 240 g/mol. The zero-order valence-corrected chi connectivity index (χ0v) is 11.5. The lowest BCUT2D eigenvalue weighted by molar-refractivity contribution is -0.136. The summed E-state index contributed by atoms with van der Waals surface area (Å²) in [7, 11) is 0. The molecule has 0 aliphatic rings. The van der Waals surface area contributed by atoms with Crippen molar-refractivity contribution in [2.75, 3.05) is 0 Å². The molecule has 0 bridgehead atoms. The Kier molecular flexibility index (Phi) is 3.69. The van der Waals surface area contributed by atoms with Crippen LogP contribution in [0.15, 0.2) is 24.4 Å². The van der Waals surface area contributed by atoms with Crippen LogP contribution in [0.5, 0.6) is 0 Å². The highest BCUT2D eigenvalue weighted by molar-refractivity contribution is 5.67. The van der Waals surface area contributed by atoms with E-state index >= 15 is 0 Å². The predicted molar refractivity (Wildman–Crippen MR) is 73.7 cm³/mol. The molecule has 0 saturated heterocycles. The molecule has 1 aromatic carbocycles. The second-order valence-electron chi connectivity index (χ2n) is 4.78. The predicted octanol–water partition coefficient (Wildman–Crippen LogP) is 2.81. The monoisotopic (exact) mass is 258 g/mol. The molecule has 1 heterocycles. The van der Waals surface area contributed by atoms with Gasteiger partial charge in [0.05, 0.1) is 11.9 Å². The molecule has 0 aliphatic carbocycles. The van der Waals surface area contributed by atoms with Gasteiger partial charge in [-0.3, -0.25) is 4.79 Å². The summed E-state index contributed by atoms with van der Waals surface area (Å²) < 4.78 is 1.89. The molecule has 100 valence electrons. The summed E-state index contributed by atoms with van der Waals surface area (Å²) in [6.07, 6.45) is 2.42. The number of hydrogen-bond acceptors (Lipinski definition) is 2. The Morgan fingerprint density at radius 1 is 1.32 bits per heavy atom. The summed E-state index contributed by atoms with van der Waals surface area (Å²) >= 11 is 0. The first-order valence-corrected chi connectivity index (χ1v) is 6.32. The maximum Gasteiger partial charge on any atom is 0.303 e. The summed E-state index contributed by atoms with van der Waals surface area (Å²) in [4.78, 5) is 10.6. The molecule has 19 heavy (non-hydrogen) atoms. The Balaban J connectivity index is 2.36. The highest BCUT2D eigenvalue weighted by Gasteiger charge is 2.11. The third-order valence-electron chi connectivity index (χ3n) is 3.52. The minimum absolute atomic E-state index is 0.138. The van der Waals surface area contributed by atoms with Crippen LogP contribution in [0, 0.1) is 20.8 Å². The lowest BCUT2D eigenvalue weighted by Gasteiger charge is -2.10. The number of nitrogens with zero attached hydrogens (tertiary/aromatic N) is 2. The van der Waals surface area contributed by atoms with E-state index in [1.807, 2.05) is 23.7 Å². The van der Waals surface area contributed by atoms with Crippen molar-refractivity contribution >= 4 is 5.97 Å². The molecule has 0 amide bonds. The average Bonchev–Trinajstić information content (AvgIpc) is 2.72. The second-order valence-corrected chi connectivity index (χ2v) is 4.78. The van der Waals surface area contributed by atoms with E-state index in [1.165, 1.54) is 11.1 Å². The fraction of sp³-hybridized carbons (Fsp3) is 0.333. The van der Waals surface area contributed by atoms with Gasteiger partial charge >= 0.3 is 5.97 Å². The number of hydrogen-bond donors (Lipinski definition) is 1. The Morgan fingerprint density at radius 3 is 2.74 bits per heavy atom. The van der Waals surface area contributed by atoms with Gasteiger partial charge in [-0.25, -0.2) is 4.68 Å². The number of benzene rings is 1. The van der Waals surface area contributed by atoms with Gasteiger partial charge in [0.2, 0.25) is 0 Å². The molecule has 0 aliphatic heterocycles. The number of aliphatic carboxylic acids is 1. The van der Waals surface area contributed by atoms with Gasteiger partial charge < -0.3 is 5.11 Å². The zero-order valence-electron chi connectivity index (χ0n) is 11.5. The molecule has 0 unspecified atom stereocenters. The second kappa shape index (κ2) is 5.26. The van der Waals surface area contributed by atoms with Gasteiger partial charge in [-0.15, -0.1) is 0 Å². The molecule has 2 rings (SSSR count). The lowest BCUT2D eigenvalue weighted by Crippen LogP contribution is -2.03. The molecule has 2 aromatic rings. The van der Waals surface area contributed by atoms with E-state index in [4.69, 9.17) is 5.11 Å². The van der Waals surface area contributed by atoms with Gasteiger partial charge in [0.25, 0.3) is 0 Å². The van der Waals surface area contributed by atoms with E-state index in [1.54, 1.807) is 6.20 Å². The molecular formula is C15H18N2O2. The highest BCUT2D eigenvalue weighted by Crippen LogP contribution is 2.20. The van der Waals surface area contributed by atoms with Crippen LogP contribution in [-0.4, -0.2) is 20.9 Å². The van der Waals surface area contributed by atoms with Crippen molar-refractivity contribution < 1.29 is 9.90 Å². The molecule has 1 aromatic heterocycles. The lowest BCUT2D eigenvalue weighted by atomic mass is 10.1. The van der Waals surface area contributed by atoms with Crippen molar-refractivity contribution in [2.45, 2.75) is 33.6 Å². The first kappa shape index (κ1) is 13.3. The van der Waals surface area contributed by atoms with Crippen molar-refractivity contribution in [3.05, 3.63) is 46.8 Å². The fourth-order valence-corrected chi connectivity index (χ4v) is 2.14. The van der Waals surface area contributed by atoms with Crippen LogP contribution in [-0.2, 0) is 11.2 Å². The molecule has 4 heteroatoms. The first-order valence-electron chi connectivity index (χ1n) is 6.32. The SMILES string of the molecule is Cc1cccc(-n2ncc(CCC(=O)O)c2C)c1C. The van der Waals surface area contributed by atoms with E-state index in [2.05, 4.69) is 25.0 Å². The molecule has 0 atom stereocenters. The van der Waals surface area contributed by atoms with Crippen LogP contribution in [0.1, 0.15) is 28.8 Å². The highest BCUT2D eigenvalue weighted by atomic mass is 16.4. The van der Waals surface area contributed by atoms with Crippen LogP contribution in [0.4, 0.5) is 0 Å². The van der Waals surface area contributed by atoms with E-state index in [-0.39, 0.29) is 6.42 Å². The van der Waals surface area contributed by atoms with Crippen molar-refractivity contribution in [1.29, 1.82) is 0 Å². The Hall–Kier alpha value is -2.10. The smallest absolute Gasteiger partial charge is 0.303 e. The average molecular weight is 258 g/mol. The minimum atomic E-state index is -0.779. The number of carboxylic acid groups (broad SMARTS) is 1. The van der Waals surface area contributed by atoms with E-state index in [0.717, 1.165) is 16.9 Å². The van der Waals surface area contributed by atoms with Crippen LogP contribution in [0.2, 0.25) is 0 Å². The van der Waals surface area contributed by atoms with Gasteiger partial charge in [0, 0.05) is 12.1 Å². The first-order chi connectivity index (χ1) is 9.00. The van der Waals surface area contributed by atoms with Crippen molar-refractivity contribution in [1.82, 2.24) is 9.78 Å². The van der Waals surface area contributed by atoms with Crippen LogP contribution in [0.3, 0.4) is 0 Å². The number of rotatable bonds is 4. The van der Waals surface area contributed by atoms with Gasteiger partial charge in [-0.1, -0.05) is 12.1 Å². The summed E-state index contributed by atoms with van der Waals surface area (Å²) in [5.74, 6) is -0.779. The van der Waals surface area contributed by atoms with Crippen LogP contribution < -0.4 is 0 Å². The van der Waals surface area contributed by atoms with E-state index in [0.29, 0.717) is 6.42 Å². The zero-order chi connectivity index (χ0) is 14.0. The normalized spacial score (nSPS) is 10.7. The van der Waals surface area contributed by atoms with Gasteiger partial charge in [0.1, 0.15) is 0 Å². The van der Waals surface area contributed by atoms with E-state index in [9.17, 15) is 4.79 Å². The number of carbonyl (C=O) groups is 1. The number of aryl methyl sites for hydroxylation is 2. The summed E-state index contributed by atoms with van der Waals surface area (Å²) in [6, 6.07) is 6.11.